The van der Waals surface area contributed by atoms with Crippen LogP contribution in [0.25, 0.3) is 0 Å². The van der Waals surface area contributed by atoms with Crippen molar-refractivity contribution in [3.8, 4) is 0 Å². The summed E-state index contributed by atoms with van der Waals surface area (Å²) in [6.07, 6.45) is 1.11. The number of morpholine rings is 1. The van der Waals surface area contributed by atoms with Crippen LogP contribution < -0.4 is 5.32 Å². The van der Waals surface area contributed by atoms with Crippen molar-refractivity contribution in [3.05, 3.63) is 0 Å². The molecule has 0 aromatic heterocycles. The molecule has 3 atom stereocenters. The number of carboxylic acids is 1. The molecule has 0 bridgehead atoms. The number of nitrogens with one attached hydrogen (secondary N) is 1. The molecule has 16 heavy (non-hydrogen) atoms. The predicted octanol–water partition coefficient (Wildman–Crippen LogP) is 0.158. The molecular weight excluding hydrogens is 208 g/mol. The van der Waals surface area contributed by atoms with E-state index in [9.17, 15) is 4.79 Å². The van der Waals surface area contributed by atoms with E-state index < -0.39 is 12.0 Å². The van der Waals surface area contributed by atoms with E-state index >= 15 is 0 Å². The number of ether oxygens (including phenoxy) is 1. The van der Waals surface area contributed by atoms with Crippen molar-refractivity contribution in [2.24, 2.45) is 0 Å². The maximum atomic E-state index is 10.8. The highest BCUT2D eigenvalue weighted by molar-refractivity contribution is 5.73. The van der Waals surface area contributed by atoms with Crippen LogP contribution in [0.3, 0.4) is 0 Å². The fourth-order valence-electron chi connectivity index (χ4n) is 2.17. The maximum Gasteiger partial charge on any atom is 0.320 e. The molecule has 1 saturated heterocycles. The number of hydrogen-bond donors (Lipinski definition) is 2. The molecule has 0 aromatic carbocycles. The van der Waals surface area contributed by atoms with Crippen molar-refractivity contribution >= 4 is 5.97 Å². The van der Waals surface area contributed by atoms with Gasteiger partial charge in [-0.05, 0) is 27.3 Å². The van der Waals surface area contributed by atoms with Gasteiger partial charge in [-0.2, -0.15) is 0 Å². The minimum absolute atomic E-state index is 0.238. The number of likely N-dealkylation sites (N-methyl/N-ethyl adjacent to an activating group) is 1. The van der Waals surface area contributed by atoms with E-state index in [2.05, 4.69) is 24.1 Å². The molecule has 1 aliphatic rings. The number of carbonyl (C=O) groups is 1. The van der Waals surface area contributed by atoms with Crippen LogP contribution >= 0.6 is 0 Å². The zero-order chi connectivity index (χ0) is 12.1. The molecule has 2 N–H and O–H groups in total. The Labute approximate surface area is 96.8 Å². The summed E-state index contributed by atoms with van der Waals surface area (Å²) in [5.41, 5.74) is 0. The van der Waals surface area contributed by atoms with Gasteiger partial charge in [-0.25, -0.2) is 0 Å². The highest BCUT2D eigenvalue weighted by Gasteiger charge is 2.23. The first-order chi connectivity index (χ1) is 7.52. The monoisotopic (exact) mass is 230 g/mol. The largest absolute Gasteiger partial charge is 0.480 e. The van der Waals surface area contributed by atoms with Gasteiger partial charge < -0.3 is 15.2 Å². The summed E-state index contributed by atoms with van der Waals surface area (Å²) >= 11 is 0. The quantitative estimate of drug-likeness (QED) is 0.704. The first-order valence-corrected chi connectivity index (χ1v) is 5.80. The van der Waals surface area contributed by atoms with Crippen LogP contribution in [0.2, 0.25) is 0 Å². The Morgan fingerprint density at radius 1 is 1.50 bits per heavy atom. The van der Waals surface area contributed by atoms with Gasteiger partial charge in [0.1, 0.15) is 6.04 Å². The fraction of sp³-hybridized carbons (Fsp3) is 0.909. The number of hydrogen-bond acceptors (Lipinski definition) is 4. The van der Waals surface area contributed by atoms with Crippen LogP contribution in [0.1, 0.15) is 20.3 Å². The van der Waals surface area contributed by atoms with Crippen LogP contribution in [0.5, 0.6) is 0 Å². The third-order valence-corrected chi connectivity index (χ3v) is 2.88. The van der Waals surface area contributed by atoms with Crippen LogP contribution in [-0.4, -0.2) is 60.9 Å². The Bertz CT molecular complexity index is 225. The van der Waals surface area contributed by atoms with Gasteiger partial charge in [-0.3, -0.25) is 9.69 Å². The maximum absolute atomic E-state index is 10.8. The Hall–Kier alpha value is -0.650. The van der Waals surface area contributed by atoms with Crippen molar-refractivity contribution in [1.82, 2.24) is 10.2 Å². The number of carboxylic acid groups (broad SMARTS) is 1. The zero-order valence-corrected chi connectivity index (χ0v) is 10.3. The molecule has 1 unspecified atom stereocenters. The van der Waals surface area contributed by atoms with E-state index in [4.69, 9.17) is 9.84 Å². The molecule has 0 spiro atoms. The highest BCUT2D eigenvalue weighted by atomic mass is 16.5. The second-order valence-electron chi connectivity index (χ2n) is 4.49. The van der Waals surface area contributed by atoms with Crippen molar-refractivity contribution < 1.29 is 14.6 Å². The normalized spacial score (nSPS) is 28.9. The Kier molecular flexibility index (Phi) is 5.18. The number of nitrogens with zero attached hydrogens (tertiary/aromatic N) is 1. The van der Waals surface area contributed by atoms with E-state index in [0.717, 1.165) is 19.6 Å². The van der Waals surface area contributed by atoms with E-state index in [-0.39, 0.29) is 12.2 Å². The van der Waals surface area contributed by atoms with Gasteiger partial charge in [0.2, 0.25) is 0 Å². The lowest BCUT2D eigenvalue weighted by molar-refractivity contribution is -0.139. The summed E-state index contributed by atoms with van der Waals surface area (Å²) in [7, 11) is 1.68. The molecule has 5 nitrogen and oxygen atoms in total. The number of aliphatic carboxylic acids is 1. The molecule has 0 aliphatic carbocycles. The summed E-state index contributed by atoms with van der Waals surface area (Å²) in [4.78, 5) is 13.1. The van der Waals surface area contributed by atoms with Crippen LogP contribution in [0.4, 0.5) is 0 Å². The standard InChI is InChI=1S/C11H22N2O3/c1-8-6-13(7-9(2)16-8)5-4-10(12-3)11(14)15/h8-10,12H,4-7H2,1-3H3,(H,14,15)/t8-,9+,10?. The predicted molar refractivity (Wildman–Crippen MR) is 61.5 cm³/mol. The molecule has 1 rings (SSSR count). The van der Waals surface area contributed by atoms with E-state index in [1.807, 2.05) is 0 Å². The van der Waals surface area contributed by atoms with Crippen LogP contribution in [0.15, 0.2) is 0 Å². The van der Waals surface area contributed by atoms with Gasteiger partial charge in [0.05, 0.1) is 12.2 Å². The molecular formula is C11H22N2O3. The van der Waals surface area contributed by atoms with Crippen LogP contribution in [0, 0.1) is 0 Å². The van der Waals surface area contributed by atoms with E-state index in [1.54, 1.807) is 7.05 Å². The third-order valence-electron chi connectivity index (χ3n) is 2.88. The van der Waals surface area contributed by atoms with Gasteiger partial charge in [0.25, 0.3) is 0 Å². The Morgan fingerprint density at radius 3 is 2.50 bits per heavy atom. The molecule has 94 valence electrons. The van der Waals surface area contributed by atoms with Crippen molar-refractivity contribution in [2.45, 2.75) is 38.5 Å². The molecule has 5 heteroatoms. The van der Waals surface area contributed by atoms with E-state index in [0.29, 0.717) is 6.42 Å². The van der Waals surface area contributed by atoms with Gasteiger partial charge in [0, 0.05) is 19.6 Å². The summed E-state index contributed by atoms with van der Waals surface area (Å²) < 4.78 is 5.62. The second-order valence-corrected chi connectivity index (χ2v) is 4.49. The topological polar surface area (TPSA) is 61.8 Å². The molecule has 0 amide bonds. The van der Waals surface area contributed by atoms with Crippen molar-refractivity contribution in [1.29, 1.82) is 0 Å². The molecule has 1 fully saturated rings. The van der Waals surface area contributed by atoms with Crippen LogP contribution in [-0.2, 0) is 9.53 Å². The summed E-state index contributed by atoms with van der Waals surface area (Å²) in [5.74, 6) is -0.781. The third kappa shape index (κ3) is 4.08. The Balaban J connectivity index is 2.33. The smallest absolute Gasteiger partial charge is 0.320 e. The lowest BCUT2D eigenvalue weighted by Crippen LogP contribution is -2.47. The average Bonchev–Trinajstić information content (AvgIpc) is 2.16. The van der Waals surface area contributed by atoms with Crippen molar-refractivity contribution in [3.63, 3.8) is 0 Å². The summed E-state index contributed by atoms with van der Waals surface area (Å²) in [6.45, 7) is 6.68. The molecule has 1 heterocycles. The SMILES string of the molecule is CNC(CCN1C[C@@H](C)O[C@@H](C)C1)C(=O)O. The first-order valence-electron chi connectivity index (χ1n) is 5.80. The molecule has 0 aromatic rings. The minimum atomic E-state index is -0.781. The minimum Gasteiger partial charge on any atom is -0.480 e. The lowest BCUT2D eigenvalue weighted by atomic mass is 10.1. The average molecular weight is 230 g/mol. The highest BCUT2D eigenvalue weighted by Crippen LogP contribution is 2.11. The molecule has 1 aliphatic heterocycles. The van der Waals surface area contributed by atoms with Gasteiger partial charge >= 0.3 is 5.97 Å². The Morgan fingerprint density at radius 2 is 2.06 bits per heavy atom. The summed E-state index contributed by atoms with van der Waals surface area (Å²) in [5, 5.41) is 11.7. The fourth-order valence-corrected chi connectivity index (χ4v) is 2.17. The number of rotatable bonds is 5. The molecule has 0 radical (unpaired) electrons. The molecule has 0 saturated carbocycles. The first kappa shape index (κ1) is 13.4. The lowest BCUT2D eigenvalue weighted by Gasteiger charge is -2.35. The summed E-state index contributed by atoms with van der Waals surface area (Å²) in [6, 6.07) is -0.451. The van der Waals surface area contributed by atoms with Gasteiger partial charge in [0.15, 0.2) is 0 Å². The second kappa shape index (κ2) is 6.18. The van der Waals surface area contributed by atoms with E-state index in [1.165, 1.54) is 0 Å². The van der Waals surface area contributed by atoms with Gasteiger partial charge in [-0.15, -0.1) is 0 Å². The van der Waals surface area contributed by atoms with Gasteiger partial charge in [-0.1, -0.05) is 0 Å². The zero-order valence-electron chi connectivity index (χ0n) is 10.3. The van der Waals surface area contributed by atoms with Crippen molar-refractivity contribution in [2.75, 3.05) is 26.7 Å².